The number of nitrogens with zero attached hydrogens (tertiary/aromatic N) is 3. The molecule has 0 aliphatic heterocycles. The molecule has 0 saturated carbocycles. The van der Waals surface area contributed by atoms with Crippen LogP contribution in [-0.4, -0.2) is 20.6 Å². The summed E-state index contributed by atoms with van der Waals surface area (Å²) in [7, 11) is 0. The molecule has 4 nitrogen and oxygen atoms in total. The highest BCUT2D eigenvalue weighted by Crippen LogP contribution is 2.33. The van der Waals surface area contributed by atoms with Crippen LogP contribution in [0.25, 0.3) is 0 Å². The van der Waals surface area contributed by atoms with Crippen LogP contribution in [0.3, 0.4) is 0 Å². The van der Waals surface area contributed by atoms with Gasteiger partial charge < -0.3 is 0 Å². The lowest BCUT2D eigenvalue weighted by molar-refractivity contribution is 0.247. The third-order valence-corrected chi connectivity index (χ3v) is 3.49. The number of hydrogen-bond donors (Lipinski definition) is 1. The fraction of sp³-hybridized carbons (Fsp3) is 0.923. The normalized spacial score (nSPS) is 14.8. The maximum Gasteiger partial charge on any atom is 0.175 e. The Morgan fingerprint density at radius 2 is 1.76 bits per heavy atom. The van der Waals surface area contributed by atoms with Crippen LogP contribution in [0.5, 0.6) is 0 Å². The van der Waals surface area contributed by atoms with Crippen LogP contribution in [0.15, 0.2) is 0 Å². The molecule has 0 saturated heterocycles. The Labute approximate surface area is 105 Å². The van der Waals surface area contributed by atoms with Gasteiger partial charge in [-0.1, -0.05) is 58.1 Å². The highest BCUT2D eigenvalue weighted by Gasteiger charge is 2.25. The van der Waals surface area contributed by atoms with Gasteiger partial charge in [-0.3, -0.25) is 0 Å². The fourth-order valence-corrected chi connectivity index (χ4v) is 2.35. The second-order valence-corrected chi connectivity index (χ2v) is 5.38. The van der Waals surface area contributed by atoms with E-state index in [0.717, 1.165) is 12.2 Å². The number of H-pyrrole nitrogens is 1. The summed E-state index contributed by atoms with van der Waals surface area (Å²) in [5.74, 6) is 0.861. The zero-order chi connectivity index (χ0) is 12.6. The van der Waals surface area contributed by atoms with Crippen LogP contribution in [0, 0.1) is 5.41 Å². The van der Waals surface area contributed by atoms with Crippen molar-refractivity contribution in [1.82, 2.24) is 20.6 Å². The van der Waals surface area contributed by atoms with Gasteiger partial charge in [0, 0.05) is 6.42 Å². The van der Waals surface area contributed by atoms with Crippen molar-refractivity contribution in [3.05, 3.63) is 5.82 Å². The molecule has 0 fully saturated rings. The van der Waals surface area contributed by atoms with E-state index in [9.17, 15) is 0 Å². The van der Waals surface area contributed by atoms with E-state index in [1.165, 1.54) is 44.9 Å². The topological polar surface area (TPSA) is 54.5 Å². The summed E-state index contributed by atoms with van der Waals surface area (Å²) >= 11 is 0. The average Bonchev–Trinajstić information content (AvgIpc) is 2.79. The van der Waals surface area contributed by atoms with Gasteiger partial charge in [-0.15, -0.1) is 10.2 Å². The molecule has 0 aromatic carbocycles. The first-order valence-electron chi connectivity index (χ1n) is 6.92. The minimum Gasteiger partial charge on any atom is -0.177 e. The number of aromatic nitrogens is 4. The number of unbranched alkanes of at least 4 members (excludes halogenated alkanes) is 3. The van der Waals surface area contributed by atoms with E-state index in [0.29, 0.717) is 5.41 Å². The summed E-state index contributed by atoms with van der Waals surface area (Å²) < 4.78 is 0. The molecule has 0 bridgehead atoms. The molecule has 4 heteroatoms. The molecule has 0 spiro atoms. The monoisotopic (exact) mass is 238 g/mol. The van der Waals surface area contributed by atoms with Crippen molar-refractivity contribution in [1.29, 1.82) is 0 Å². The van der Waals surface area contributed by atoms with Crippen molar-refractivity contribution in [2.24, 2.45) is 5.41 Å². The Kier molecular flexibility index (Phi) is 6.16. The van der Waals surface area contributed by atoms with Gasteiger partial charge in [0.1, 0.15) is 0 Å². The second kappa shape index (κ2) is 7.41. The van der Waals surface area contributed by atoms with E-state index in [4.69, 9.17) is 0 Å². The van der Waals surface area contributed by atoms with Gasteiger partial charge >= 0.3 is 0 Å². The Hall–Kier alpha value is -0.930. The molecule has 1 N–H and O–H groups in total. The van der Waals surface area contributed by atoms with Gasteiger partial charge in [0.05, 0.1) is 0 Å². The van der Waals surface area contributed by atoms with Gasteiger partial charge in [0.2, 0.25) is 0 Å². The van der Waals surface area contributed by atoms with Crippen LogP contribution in [-0.2, 0) is 6.42 Å². The van der Waals surface area contributed by atoms with Gasteiger partial charge in [-0.05, 0) is 18.3 Å². The Morgan fingerprint density at radius 3 is 2.35 bits per heavy atom. The molecule has 1 aromatic rings. The zero-order valence-corrected chi connectivity index (χ0v) is 11.5. The van der Waals surface area contributed by atoms with Gasteiger partial charge in [-0.25, -0.2) is 0 Å². The van der Waals surface area contributed by atoms with Crippen molar-refractivity contribution in [3.8, 4) is 0 Å². The molecular formula is C13H26N4. The molecular weight excluding hydrogens is 212 g/mol. The smallest absolute Gasteiger partial charge is 0.175 e. The van der Waals surface area contributed by atoms with E-state index in [1.54, 1.807) is 0 Å². The summed E-state index contributed by atoms with van der Waals surface area (Å²) in [5.41, 5.74) is 0.342. The molecule has 1 atom stereocenters. The SMILES string of the molecule is CCCCCC(C)(CCCC)Cc1nn[nH]n1. The Balaban J connectivity index is 2.50. The van der Waals surface area contributed by atoms with Crippen molar-refractivity contribution >= 4 is 0 Å². The predicted molar refractivity (Wildman–Crippen MR) is 69.7 cm³/mol. The van der Waals surface area contributed by atoms with Gasteiger partial charge in [-0.2, -0.15) is 5.21 Å². The lowest BCUT2D eigenvalue weighted by Crippen LogP contribution is -2.20. The molecule has 17 heavy (non-hydrogen) atoms. The van der Waals surface area contributed by atoms with E-state index in [2.05, 4.69) is 41.4 Å². The molecule has 1 unspecified atom stereocenters. The first-order chi connectivity index (χ1) is 8.20. The third-order valence-electron chi connectivity index (χ3n) is 3.49. The molecule has 1 aromatic heterocycles. The zero-order valence-electron chi connectivity index (χ0n) is 11.5. The van der Waals surface area contributed by atoms with Crippen molar-refractivity contribution in [2.75, 3.05) is 0 Å². The lowest BCUT2D eigenvalue weighted by atomic mass is 9.77. The first-order valence-corrected chi connectivity index (χ1v) is 6.92. The highest BCUT2D eigenvalue weighted by atomic mass is 15.5. The van der Waals surface area contributed by atoms with E-state index < -0.39 is 0 Å². The van der Waals surface area contributed by atoms with Crippen molar-refractivity contribution in [3.63, 3.8) is 0 Å². The summed E-state index contributed by atoms with van der Waals surface area (Å²) in [6.45, 7) is 6.87. The van der Waals surface area contributed by atoms with E-state index in [1.807, 2.05) is 0 Å². The summed E-state index contributed by atoms with van der Waals surface area (Å²) in [4.78, 5) is 0. The van der Waals surface area contributed by atoms with Crippen LogP contribution >= 0.6 is 0 Å². The van der Waals surface area contributed by atoms with Gasteiger partial charge in [0.25, 0.3) is 0 Å². The largest absolute Gasteiger partial charge is 0.177 e. The summed E-state index contributed by atoms with van der Waals surface area (Å²) in [6.07, 6.45) is 9.97. The van der Waals surface area contributed by atoms with Crippen LogP contribution < -0.4 is 0 Å². The van der Waals surface area contributed by atoms with Gasteiger partial charge in [0.15, 0.2) is 5.82 Å². The number of rotatable bonds is 9. The average molecular weight is 238 g/mol. The maximum absolute atomic E-state index is 4.09. The first kappa shape index (κ1) is 14.1. The quantitative estimate of drug-likeness (QED) is 0.670. The lowest BCUT2D eigenvalue weighted by Gasteiger charge is -2.28. The molecule has 0 aliphatic carbocycles. The standard InChI is InChI=1S/C13H26N4/c1-4-6-8-10-13(3,9-7-5-2)11-12-14-16-17-15-12/h4-11H2,1-3H3,(H,14,15,16,17). The van der Waals surface area contributed by atoms with Crippen LogP contribution in [0.2, 0.25) is 0 Å². The maximum atomic E-state index is 4.09. The van der Waals surface area contributed by atoms with Crippen LogP contribution in [0.1, 0.15) is 71.5 Å². The molecule has 1 rings (SSSR count). The minimum atomic E-state index is 0.342. The molecule has 0 aliphatic rings. The second-order valence-electron chi connectivity index (χ2n) is 5.38. The highest BCUT2D eigenvalue weighted by molar-refractivity contribution is 4.87. The number of tetrazole rings is 1. The molecule has 0 radical (unpaired) electrons. The van der Waals surface area contributed by atoms with Crippen molar-refractivity contribution in [2.45, 2.75) is 72.1 Å². The Morgan fingerprint density at radius 1 is 1.06 bits per heavy atom. The molecule has 1 heterocycles. The minimum absolute atomic E-state index is 0.342. The molecule has 0 amide bonds. The Bertz CT molecular complexity index is 284. The van der Waals surface area contributed by atoms with E-state index >= 15 is 0 Å². The number of aromatic amines is 1. The van der Waals surface area contributed by atoms with Crippen molar-refractivity contribution < 1.29 is 0 Å². The predicted octanol–water partition coefficient (Wildman–Crippen LogP) is 3.52. The molecule has 98 valence electrons. The van der Waals surface area contributed by atoms with Crippen LogP contribution in [0.4, 0.5) is 0 Å². The van der Waals surface area contributed by atoms with E-state index in [-0.39, 0.29) is 0 Å². The third kappa shape index (κ3) is 5.29. The fourth-order valence-electron chi connectivity index (χ4n) is 2.35. The number of nitrogens with one attached hydrogen (secondary N) is 1. The summed E-state index contributed by atoms with van der Waals surface area (Å²) in [5, 5.41) is 14.4. The summed E-state index contributed by atoms with van der Waals surface area (Å²) in [6, 6.07) is 0. The number of hydrogen-bond acceptors (Lipinski definition) is 3.